The molecule has 0 unspecified atom stereocenters. The predicted octanol–water partition coefficient (Wildman–Crippen LogP) is 2.77. The average Bonchev–Trinajstić information content (AvgIpc) is 2.58. The van der Waals surface area contributed by atoms with E-state index >= 15 is 0 Å². The molecule has 16 heavy (non-hydrogen) atoms. The summed E-state index contributed by atoms with van der Waals surface area (Å²) in [5.74, 6) is 0. The van der Waals surface area contributed by atoms with E-state index in [2.05, 4.69) is 25.0 Å². The quantitative estimate of drug-likeness (QED) is 0.892. The van der Waals surface area contributed by atoms with Gasteiger partial charge in [-0.3, -0.25) is 4.68 Å². The van der Waals surface area contributed by atoms with Gasteiger partial charge in [-0.25, -0.2) is 0 Å². The molecule has 1 aromatic carbocycles. The second kappa shape index (κ2) is 4.44. The Morgan fingerprint density at radius 1 is 1.44 bits per heavy atom. The first-order valence-corrected chi connectivity index (χ1v) is 5.88. The van der Waals surface area contributed by atoms with Crippen molar-refractivity contribution in [3.05, 3.63) is 28.9 Å². The zero-order valence-corrected chi connectivity index (χ0v) is 10.3. The minimum absolute atomic E-state index is 0.300. The van der Waals surface area contributed by atoms with Crippen LogP contribution in [0.3, 0.4) is 0 Å². The molecule has 0 bridgehead atoms. The molecule has 86 valence electrons. The Kier molecular flexibility index (Phi) is 3.17. The van der Waals surface area contributed by atoms with Crippen LogP contribution in [0.15, 0.2) is 18.2 Å². The third-order valence-corrected chi connectivity index (χ3v) is 2.95. The standard InChI is InChI=1S/C12H16ClN3/c1-8(2)16-11-9(6-7-14)4-3-5-10(11)12(13)15-16/h3-5,8H,6-7,14H2,1-2H3. The Morgan fingerprint density at radius 3 is 2.81 bits per heavy atom. The number of aromatic nitrogens is 2. The highest BCUT2D eigenvalue weighted by Gasteiger charge is 2.13. The first-order valence-electron chi connectivity index (χ1n) is 5.50. The molecule has 2 aromatic rings. The lowest BCUT2D eigenvalue weighted by Gasteiger charge is -2.10. The Morgan fingerprint density at radius 2 is 2.19 bits per heavy atom. The smallest absolute Gasteiger partial charge is 0.158 e. The van der Waals surface area contributed by atoms with Crippen molar-refractivity contribution in [2.45, 2.75) is 26.3 Å². The highest BCUT2D eigenvalue weighted by Crippen LogP contribution is 2.28. The van der Waals surface area contributed by atoms with E-state index in [9.17, 15) is 0 Å². The minimum atomic E-state index is 0.300. The molecule has 0 radical (unpaired) electrons. The lowest BCUT2D eigenvalue weighted by molar-refractivity contribution is 0.549. The SMILES string of the molecule is CC(C)n1nc(Cl)c2cccc(CCN)c21. The first kappa shape index (κ1) is 11.4. The van der Waals surface area contributed by atoms with E-state index in [1.165, 1.54) is 5.56 Å². The summed E-state index contributed by atoms with van der Waals surface area (Å²) in [5, 5.41) is 5.96. The van der Waals surface area contributed by atoms with Crippen molar-refractivity contribution in [3.63, 3.8) is 0 Å². The number of fused-ring (bicyclic) bond motifs is 1. The maximum Gasteiger partial charge on any atom is 0.158 e. The number of hydrogen-bond acceptors (Lipinski definition) is 2. The molecule has 0 aliphatic carbocycles. The van der Waals surface area contributed by atoms with Crippen LogP contribution in [0.25, 0.3) is 10.9 Å². The van der Waals surface area contributed by atoms with Crippen molar-refractivity contribution < 1.29 is 0 Å². The summed E-state index contributed by atoms with van der Waals surface area (Å²) in [5.41, 5.74) is 7.96. The van der Waals surface area contributed by atoms with Gasteiger partial charge in [0.1, 0.15) is 0 Å². The molecule has 0 aliphatic heterocycles. The lowest BCUT2D eigenvalue weighted by Crippen LogP contribution is -2.07. The monoisotopic (exact) mass is 237 g/mol. The van der Waals surface area contributed by atoms with E-state index in [0.29, 0.717) is 17.7 Å². The summed E-state index contributed by atoms with van der Waals surface area (Å²) in [6.07, 6.45) is 0.853. The maximum absolute atomic E-state index is 6.13. The maximum atomic E-state index is 6.13. The van der Waals surface area contributed by atoms with Crippen LogP contribution >= 0.6 is 11.6 Å². The summed E-state index contributed by atoms with van der Waals surface area (Å²) < 4.78 is 1.97. The largest absolute Gasteiger partial charge is 0.330 e. The molecule has 0 amide bonds. The van der Waals surface area contributed by atoms with Crippen LogP contribution in [0.2, 0.25) is 5.15 Å². The Labute approximate surface area is 100 Å². The Hall–Kier alpha value is -1.06. The molecule has 0 saturated heterocycles. The molecule has 0 spiro atoms. The van der Waals surface area contributed by atoms with Crippen LogP contribution in [-0.2, 0) is 6.42 Å². The van der Waals surface area contributed by atoms with Crippen LogP contribution in [0.4, 0.5) is 0 Å². The summed E-state index contributed by atoms with van der Waals surface area (Å²) in [6.45, 7) is 4.84. The van der Waals surface area contributed by atoms with Gasteiger partial charge in [0.2, 0.25) is 0 Å². The molecular formula is C12H16ClN3. The normalized spacial score (nSPS) is 11.6. The van der Waals surface area contributed by atoms with Gasteiger partial charge in [-0.2, -0.15) is 5.10 Å². The molecule has 0 saturated carbocycles. The molecule has 0 fully saturated rings. The molecular weight excluding hydrogens is 222 g/mol. The summed E-state index contributed by atoms with van der Waals surface area (Å²) in [6, 6.07) is 6.40. The van der Waals surface area contributed by atoms with Gasteiger partial charge >= 0.3 is 0 Å². The molecule has 1 heterocycles. The number of halogens is 1. The number of nitrogens with two attached hydrogens (primary N) is 1. The Balaban J connectivity index is 2.72. The van der Waals surface area contributed by atoms with Gasteiger partial charge in [0.05, 0.1) is 5.52 Å². The van der Waals surface area contributed by atoms with E-state index in [1.54, 1.807) is 0 Å². The fraction of sp³-hybridized carbons (Fsp3) is 0.417. The molecule has 4 heteroatoms. The summed E-state index contributed by atoms with van der Waals surface area (Å²) >= 11 is 6.13. The van der Waals surface area contributed by atoms with Crippen LogP contribution < -0.4 is 5.73 Å². The number of hydrogen-bond donors (Lipinski definition) is 1. The number of para-hydroxylation sites is 1. The molecule has 3 nitrogen and oxygen atoms in total. The van der Waals surface area contributed by atoms with Crippen molar-refractivity contribution in [3.8, 4) is 0 Å². The average molecular weight is 238 g/mol. The predicted molar refractivity (Wildman–Crippen MR) is 67.9 cm³/mol. The van der Waals surface area contributed by atoms with Crippen molar-refractivity contribution in [1.29, 1.82) is 0 Å². The third-order valence-electron chi connectivity index (χ3n) is 2.67. The van der Waals surface area contributed by atoms with Crippen molar-refractivity contribution in [2.24, 2.45) is 5.73 Å². The fourth-order valence-electron chi connectivity index (χ4n) is 1.96. The highest BCUT2D eigenvalue weighted by molar-refractivity contribution is 6.34. The number of rotatable bonds is 3. The highest BCUT2D eigenvalue weighted by atomic mass is 35.5. The van der Waals surface area contributed by atoms with E-state index in [-0.39, 0.29) is 0 Å². The zero-order chi connectivity index (χ0) is 11.7. The zero-order valence-electron chi connectivity index (χ0n) is 9.57. The van der Waals surface area contributed by atoms with E-state index < -0.39 is 0 Å². The van der Waals surface area contributed by atoms with Crippen LogP contribution in [0, 0.1) is 0 Å². The van der Waals surface area contributed by atoms with E-state index in [0.717, 1.165) is 17.3 Å². The Bertz CT molecular complexity index is 502. The molecule has 0 aliphatic rings. The summed E-state index contributed by atoms with van der Waals surface area (Å²) in [7, 11) is 0. The van der Waals surface area contributed by atoms with Gasteiger partial charge in [0, 0.05) is 11.4 Å². The van der Waals surface area contributed by atoms with Gasteiger partial charge in [0.25, 0.3) is 0 Å². The second-order valence-electron chi connectivity index (χ2n) is 4.18. The fourth-order valence-corrected chi connectivity index (χ4v) is 2.19. The van der Waals surface area contributed by atoms with Gasteiger partial charge in [-0.15, -0.1) is 0 Å². The second-order valence-corrected chi connectivity index (χ2v) is 4.54. The van der Waals surface area contributed by atoms with Gasteiger partial charge in [-0.1, -0.05) is 23.7 Å². The van der Waals surface area contributed by atoms with E-state index in [1.807, 2.05) is 16.8 Å². The van der Waals surface area contributed by atoms with Crippen molar-refractivity contribution in [2.75, 3.05) is 6.54 Å². The number of benzene rings is 1. The van der Waals surface area contributed by atoms with Crippen molar-refractivity contribution >= 4 is 22.5 Å². The van der Waals surface area contributed by atoms with Crippen molar-refractivity contribution in [1.82, 2.24) is 9.78 Å². The van der Waals surface area contributed by atoms with Crippen LogP contribution in [-0.4, -0.2) is 16.3 Å². The summed E-state index contributed by atoms with van der Waals surface area (Å²) in [4.78, 5) is 0. The van der Waals surface area contributed by atoms with Gasteiger partial charge < -0.3 is 5.73 Å². The minimum Gasteiger partial charge on any atom is -0.330 e. The van der Waals surface area contributed by atoms with Gasteiger partial charge in [0.15, 0.2) is 5.15 Å². The molecule has 0 atom stereocenters. The third kappa shape index (κ3) is 1.81. The van der Waals surface area contributed by atoms with Crippen LogP contribution in [0.5, 0.6) is 0 Å². The molecule has 2 rings (SSSR count). The lowest BCUT2D eigenvalue weighted by atomic mass is 10.1. The van der Waals surface area contributed by atoms with Crippen LogP contribution in [0.1, 0.15) is 25.5 Å². The topological polar surface area (TPSA) is 43.8 Å². The molecule has 1 aromatic heterocycles. The molecule has 2 N–H and O–H groups in total. The van der Waals surface area contributed by atoms with E-state index in [4.69, 9.17) is 17.3 Å². The first-order chi connectivity index (χ1) is 7.65. The van der Waals surface area contributed by atoms with Gasteiger partial charge in [-0.05, 0) is 38.4 Å². The number of nitrogens with zero attached hydrogens (tertiary/aromatic N) is 2.